The number of aryl methyl sites for hydroxylation is 2. The first-order valence-electron chi connectivity index (χ1n) is 9.83. The molecule has 1 aliphatic heterocycles. The molecule has 4 rings (SSSR count). The Morgan fingerprint density at radius 3 is 2.32 bits per heavy atom. The third-order valence-electron chi connectivity index (χ3n) is 5.60. The van der Waals surface area contributed by atoms with Crippen molar-refractivity contribution < 1.29 is 14.7 Å². The number of carbonyl (C=O) groups excluding carboxylic acids is 1. The van der Waals surface area contributed by atoms with Gasteiger partial charge in [-0.15, -0.1) is 0 Å². The van der Waals surface area contributed by atoms with Crippen molar-refractivity contribution in [3.8, 4) is 0 Å². The molecule has 0 radical (unpaired) electrons. The maximum absolute atomic E-state index is 13.6. The lowest BCUT2D eigenvalue weighted by atomic mass is 9.92. The normalized spacial score (nSPS) is 15.6. The van der Waals surface area contributed by atoms with Gasteiger partial charge in [-0.2, -0.15) is 9.78 Å². The Morgan fingerprint density at radius 2 is 1.71 bits per heavy atom. The summed E-state index contributed by atoms with van der Waals surface area (Å²) in [6, 6.07) is 10.3. The second-order valence-electron chi connectivity index (χ2n) is 8.01. The van der Waals surface area contributed by atoms with E-state index in [1.807, 2.05) is 45.9 Å². The van der Waals surface area contributed by atoms with Crippen LogP contribution in [0.5, 0.6) is 0 Å². The van der Waals surface area contributed by atoms with Crippen molar-refractivity contribution in [3.05, 3.63) is 80.1 Å². The minimum atomic E-state index is -1.22. The molecule has 1 aromatic heterocycles. The van der Waals surface area contributed by atoms with Gasteiger partial charge in [0.15, 0.2) is 5.69 Å². The molecule has 1 N–H and O–H groups in total. The molecule has 0 bridgehead atoms. The van der Waals surface area contributed by atoms with Crippen LogP contribution in [0, 0.1) is 13.8 Å². The molecule has 2 heterocycles. The minimum absolute atomic E-state index is 0.143. The van der Waals surface area contributed by atoms with E-state index in [4.69, 9.17) is 23.2 Å². The first-order chi connectivity index (χ1) is 14.6. The lowest BCUT2D eigenvalue weighted by molar-refractivity contribution is 0.0988. The molecule has 1 aliphatic rings. The highest BCUT2D eigenvalue weighted by molar-refractivity contribution is 6.31. The number of carbonyl (C=O) groups is 2. The van der Waals surface area contributed by atoms with Gasteiger partial charge in [0.25, 0.3) is 5.91 Å². The molecule has 1 unspecified atom stereocenters. The lowest BCUT2D eigenvalue weighted by Crippen LogP contribution is -2.31. The van der Waals surface area contributed by atoms with Crippen LogP contribution in [0.1, 0.15) is 64.2 Å². The number of nitrogens with zero attached hydrogens (tertiary/aromatic N) is 3. The number of hydrogen-bond donors (Lipinski definition) is 1. The largest absolute Gasteiger partial charge is 0.463 e. The molecule has 6 nitrogen and oxygen atoms in total. The van der Waals surface area contributed by atoms with Gasteiger partial charge in [-0.3, -0.25) is 9.69 Å². The Balaban J connectivity index is 2.06. The molecular formula is C23H21Cl2N3O3. The van der Waals surface area contributed by atoms with Crippen LogP contribution in [0.2, 0.25) is 10.0 Å². The highest BCUT2D eigenvalue weighted by Crippen LogP contribution is 2.46. The van der Waals surface area contributed by atoms with E-state index in [0.717, 1.165) is 21.4 Å². The van der Waals surface area contributed by atoms with Crippen molar-refractivity contribution in [2.45, 2.75) is 39.7 Å². The topological polar surface area (TPSA) is 75.4 Å². The molecule has 0 fully saturated rings. The molecule has 31 heavy (non-hydrogen) atoms. The molecule has 0 aliphatic carbocycles. The van der Waals surface area contributed by atoms with Gasteiger partial charge in [-0.05, 0) is 60.7 Å². The summed E-state index contributed by atoms with van der Waals surface area (Å²) in [5, 5.41) is 15.0. The minimum Gasteiger partial charge on any atom is -0.463 e. The van der Waals surface area contributed by atoms with Crippen LogP contribution < -0.4 is 4.90 Å². The van der Waals surface area contributed by atoms with E-state index in [1.54, 1.807) is 23.1 Å². The molecule has 2 aromatic carbocycles. The zero-order valence-corrected chi connectivity index (χ0v) is 19.0. The fourth-order valence-corrected chi connectivity index (χ4v) is 4.66. The predicted octanol–water partition coefficient (Wildman–Crippen LogP) is 6.21. The van der Waals surface area contributed by atoms with Gasteiger partial charge >= 0.3 is 6.09 Å². The number of amides is 1. The highest BCUT2D eigenvalue weighted by atomic mass is 35.5. The van der Waals surface area contributed by atoms with Gasteiger partial charge in [0, 0.05) is 21.3 Å². The maximum Gasteiger partial charge on any atom is 0.432 e. The average Bonchev–Trinajstić information content (AvgIpc) is 3.20. The van der Waals surface area contributed by atoms with E-state index in [1.165, 1.54) is 0 Å². The third kappa shape index (κ3) is 3.40. The van der Waals surface area contributed by atoms with Crippen molar-refractivity contribution in [3.63, 3.8) is 0 Å². The third-order valence-corrected chi connectivity index (χ3v) is 6.07. The number of hydrogen-bond acceptors (Lipinski definition) is 3. The lowest BCUT2D eigenvalue weighted by Gasteiger charge is -2.29. The number of carboxylic acid groups (broad SMARTS) is 1. The summed E-state index contributed by atoms with van der Waals surface area (Å²) in [4.78, 5) is 27.2. The van der Waals surface area contributed by atoms with Crippen LogP contribution >= 0.6 is 23.2 Å². The molecule has 1 atom stereocenters. The Morgan fingerprint density at radius 1 is 1.06 bits per heavy atom. The van der Waals surface area contributed by atoms with Crippen LogP contribution in [-0.2, 0) is 0 Å². The van der Waals surface area contributed by atoms with E-state index in [9.17, 15) is 14.7 Å². The van der Waals surface area contributed by atoms with Crippen LogP contribution in [-0.4, -0.2) is 26.9 Å². The Bertz CT molecular complexity index is 1230. The molecule has 0 saturated carbocycles. The van der Waals surface area contributed by atoms with E-state index in [-0.39, 0.29) is 17.5 Å². The van der Waals surface area contributed by atoms with Crippen molar-refractivity contribution in [2.24, 2.45) is 0 Å². The fourth-order valence-electron chi connectivity index (χ4n) is 4.26. The van der Waals surface area contributed by atoms with Gasteiger partial charge in [0.1, 0.15) is 0 Å². The van der Waals surface area contributed by atoms with Gasteiger partial charge in [-0.25, -0.2) is 4.79 Å². The Kier molecular flexibility index (Phi) is 5.31. The molecule has 0 spiro atoms. The molecular weight excluding hydrogens is 437 g/mol. The van der Waals surface area contributed by atoms with Gasteiger partial charge < -0.3 is 5.11 Å². The summed E-state index contributed by atoms with van der Waals surface area (Å²) in [7, 11) is 0. The summed E-state index contributed by atoms with van der Waals surface area (Å²) in [6.07, 6.45) is -1.22. The average molecular weight is 458 g/mol. The van der Waals surface area contributed by atoms with Gasteiger partial charge in [0.2, 0.25) is 0 Å². The number of aromatic nitrogens is 2. The SMILES string of the molecule is Cc1cc(Cl)ccc1C1c2c(nn(C(=O)O)c2C(C)C)C(=O)N1c1cc(Cl)ccc1C. The number of anilines is 1. The van der Waals surface area contributed by atoms with Crippen molar-refractivity contribution in [1.82, 2.24) is 9.78 Å². The zero-order chi connectivity index (χ0) is 22.6. The van der Waals surface area contributed by atoms with E-state index >= 15 is 0 Å². The highest BCUT2D eigenvalue weighted by Gasteiger charge is 2.46. The fraction of sp³-hybridized carbons (Fsp3) is 0.261. The van der Waals surface area contributed by atoms with Crippen molar-refractivity contribution in [1.29, 1.82) is 0 Å². The smallest absolute Gasteiger partial charge is 0.432 e. The number of fused-ring (bicyclic) bond motifs is 1. The summed E-state index contributed by atoms with van der Waals surface area (Å²) in [6.45, 7) is 7.60. The molecule has 8 heteroatoms. The van der Waals surface area contributed by atoms with E-state index < -0.39 is 12.1 Å². The summed E-state index contributed by atoms with van der Waals surface area (Å²) < 4.78 is 0.924. The quantitative estimate of drug-likeness (QED) is 0.507. The monoisotopic (exact) mass is 457 g/mol. The van der Waals surface area contributed by atoms with Gasteiger partial charge in [0.05, 0.1) is 11.7 Å². The standard InChI is InChI=1S/C23H21Cl2N3O3/c1-11(2)20-18-19(26-28(20)23(30)31)22(29)27(17-10-15(25)6-5-12(17)3)21(18)16-8-7-14(24)9-13(16)4/h5-11,21H,1-4H3,(H,30,31). The van der Waals surface area contributed by atoms with Crippen LogP contribution in [0.15, 0.2) is 36.4 Å². The summed E-state index contributed by atoms with van der Waals surface area (Å²) in [5.41, 5.74) is 4.51. The second-order valence-corrected chi connectivity index (χ2v) is 8.88. The Hall–Kier alpha value is -2.83. The predicted molar refractivity (Wildman–Crippen MR) is 121 cm³/mol. The first kappa shape index (κ1) is 21.4. The molecule has 1 amide bonds. The molecule has 160 valence electrons. The van der Waals surface area contributed by atoms with Gasteiger partial charge in [-0.1, -0.05) is 49.2 Å². The summed E-state index contributed by atoms with van der Waals surface area (Å²) in [5.74, 6) is -0.530. The van der Waals surface area contributed by atoms with Crippen LogP contribution in [0.3, 0.4) is 0 Å². The number of halogens is 2. The second kappa shape index (κ2) is 7.70. The first-order valence-corrected chi connectivity index (χ1v) is 10.6. The molecule has 0 saturated heterocycles. The summed E-state index contributed by atoms with van der Waals surface area (Å²) >= 11 is 12.5. The number of benzene rings is 2. The van der Waals surface area contributed by atoms with Crippen molar-refractivity contribution in [2.75, 3.05) is 4.90 Å². The number of rotatable bonds is 3. The zero-order valence-electron chi connectivity index (χ0n) is 17.5. The van der Waals surface area contributed by atoms with Crippen LogP contribution in [0.25, 0.3) is 0 Å². The maximum atomic E-state index is 13.6. The molecule has 3 aromatic rings. The van der Waals surface area contributed by atoms with Crippen LogP contribution in [0.4, 0.5) is 10.5 Å². The van der Waals surface area contributed by atoms with Crippen molar-refractivity contribution >= 4 is 40.9 Å². The van der Waals surface area contributed by atoms with E-state index in [2.05, 4.69) is 5.10 Å². The Labute approximate surface area is 190 Å². The van der Waals surface area contributed by atoms with E-state index in [0.29, 0.717) is 27.0 Å².